The van der Waals surface area contributed by atoms with Crippen molar-refractivity contribution in [2.24, 2.45) is 0 Å². The largest absolute Gasteiger partial charge is 0.384 e. The molecule has 13 heavy (non-hydrogen) atoms. The van der Waals surface area contributed by atoms with Gasteiger partial charge in [0.05, 0.1) is 12.5 Å². The Labute approximate surface area is 76.5 Å². The third-order valence-electron chi connectivity index (χ3n) is 2.14. The van der Waals surface area contributed by atoms with Crippen molar-refractivity contribution in [3.8, 4) is 0 Å². The maximum Gasteiger partial charge on any atom is 0.232 e. The van der Waals surface area contributed by atoms with E-state index in [0.717, 1.165) is 31.2 Å². The highest BCUT2D eigenvalue weighted by atomic mass is 16.5. The van der Waals surface area contributed by atoms with E-state index >= 15 is 0 Å². The molecule has 0 aliphatic carbocycles. The molecule has 0 unspecified atom stereocenters. The van der Waals surface area contributed by atoms with Gasteiger partial charge in [0, 0.05) is 26.6 Å². The van der Waals surface area contributed by atoms with Gasteiger partial charge in [0.1, 0.15) is 0 Å². The molecule has 0 aromatic carbocycles. The summed E-state index contributed by atoms with van der Waals surface area (Å²) in [4.78, 5) is 4.27. The fourth-order valence-corrected chi connectivity index (χ4v) is 1.19. The van der Waals surface area contributed by atoms with E-state index in [1.54, 1.807) is 7.11 Å². The number of hydrogen-bond acceptors (Lipinski definition) is 5. The van der Waals surface area contributed by atoms with Gasteiger partial charge < -0.3 is 14.6 Å². The van der Waals surface area contributed by atoms with Crippen molar-refractivity contribution < 1.29 is 9.26 Å². The van der Waals surface area contributed by atoms with Crippen LogP contribution in [0.3, 0.4) is 0 Å². The second-order valence-corrected chi connectivity index (χ2v) is 3.15. The minimum Gasteiger partial charge on any atom is -0.384 e. The van der Waals surface area contributed by atoms with Crippen LogP contribution < -0.4 is 5.32 Å². The number of aromatic nitrogens is 2. The molecule has 72 valence electrons. The minimum absolute atomic E-state index is 0.420. The smallest absolute Gasteiger partial charge is 0.232 e. The molecule has 0 spiro atoms. The number of nitrogens with one attached hydrogen (secondary N) is 1. The third kappa shape index (κ3) is 1.87. The average molecular weight is 183 g/mol. The van der Waals surface area contributed by atoms with Gasteiger partial charge in [-0.2, -0.15) is 4.98 Å². The molecule has 5 nitrogen and oxygen atoms in total. The summed E-state index contributed by atoms with van der Waals surface area (Å²) in [7, 11) is 1.66. The highest BCUT2D eigenvalue weighted by molar-refractivity contribution is 5.00. The third-order valence-corrected chi connectivity index (χ3v) is 2.14. The number of rotatable bonds is 4. The number of methoxy groups -OCH3 is 1. The summed E-state index contributed by atoms with van der Waals surface area (Å²) in [5.74, 6) is 1.91. The summed E-state index contributed by atoms with van der Waals surface area (Å²) in [5.41, 5.74) is 0. The summed E-state index contributed by atoms with van der Waals surface area (Å²) < 4.78 is 10.0. The Morgan fingerprint density at radius 1 is 1.62 bits per heavy atom. The topological polar surface area (TPSA) is 60.2 Å². The summed E-state index contributed by atoms with van der Waals surface area (Å²) in [5, 5.41) is 7.02. The second-order valence-electron chi connectivity index (χ2n) is 3.15. The Balaban J connectivity index is 1.92. The van der Waals surface area contributed by atoms with Crippen LogP contribution in [-0.2, 0) is 11.2 Å². The fraction of sp³-hybridized carbons (Fsp3) is 0.750. The Morgan fingerprint density at radius 2 is 2.46 bits per heavy atom. The lowest BCUT2D eigenvalue weighted by molar-refractivity contribution is 0.199. The lowest BCUT2D eigenvalue weighted by Crippen LogP contribution is -2.40. The molecule has 1 aromatic heterocycles. The average Bonchev–Trinajstić information content (AvgIpc) is 2.46. The van der Waals surface area contributed by atoms with E-state index in [1.807, 2.05) is 0 Å². The van der Waals surface area contributed by atoms with Gasteiger partial charge in [-0.15, -0.1) is 0 Å². The van der Waals surface area contributed by atoms with Gasteiger partial charge in [-0.3, -0.25) is 0 Å². The molecule has 1 aliphatic heterocycles. The monoisotopic (exact) mass is 183 g/mol. The molecule has 0 saturated carbocycles. The van der Waals surface area contributed by atoms with Crippen molar-refractivity contribution in [2.75, 3.05) is 26.8 Å². The van der Waals surface area contributed by atoms with E-state index in [9.17, 15) is 0 Å². The minimum atomic E-state index is 0.420. The van der Waals surface area contributed by atoms with Gasteiger partial charge in [-0.1, -0.05) is 5.16 Å². The van der Waals surface area contributed by atoms with E-state index in [1.165, 1.54) is 0 Å². The molecule has 1 fully saturated rings. The molecule has 0 atom stereocenters. The first-order valence-corrected chi connectivity index (χ1v) is 4.42. The molecular weight excluding hydrogens is 170 g/mol. The molecule has 5 heteroatoms. The maximum atomic E-state index is 5.11. The van der Waals surface area contributed by atoms with Crippen molar-refractivity contribution in [3.63, 3.8) is 0 Å². The first-order chi connectivity index (χ1) is 6.40. The molecule has 0 amide bonds. The SMILES string of the molecule is COCCc1noc(C2CNC2)n1. The standard InChI is InChI=1S/C8H13N3O2/c1-12-3-2-7-10-8(13-11-7)6-4-9-5-6/h6,9H,2-5H2,1H3. The molecule has 1 aromatic rings. The first-order valence-electron chi connectivity index (χ1n) is 4.42. The lowest BCUT2D eigenvalue weighted by Gasteiger charge is -2.22. The predicted octanol–water partition coefficient (Wildman–Crippen LogP) is -0.0547. The Bertz CT molecular complexity index is 270. The van der Waals surface area contributed by atoms with Crippen molar-refractivity contribution >= 4 is 0 Å². The van der Waals surface area contributed by atoms with Crippen molar-refractivity contribution in [2.45, 2.75) is 12.3 Å². The van der Waals surface area contributed by atoms with E-state index in [0.29, 0.717) is 12.5 Å². The first kappa shape index (κ1) is 8.65. The Kier molecular flexibility index (Phi) is 2.56. The van der Waals surface area contributed by atoms with E-state index < -0.39 is 0 Å². The van der Waals surface area contributed by atoms with Crippen LogP contribution >= 0.6 is 0 Å². The molecule has 0 radical (unpaired) electrons. The maximum absolute atomic E-state index is 5.11. The van der Waals surface area contributed by atoms with Gasteiger partial charge in [0.15, 0.2) is 5.82 Å². The normalized spacial score (nSPS) is 17.3. The van der Waals surface area contributed by atoms with Gasteiger partial charge in [-0.25, -0.2) is 0 Å². The molecule has 2 rings (SSSR count). The zero-order valence-corrected chi connectivity index (χ0v) is 7.62. The summed E-state index contributed by atoms with van der Waals surface area (Å²) in [6.07, 6.45) is 0.722. The van der Waals surface area contributed by atoms with Crippen molar-refractivity contribution in [3.05, 3.63) is 11.7 Å². The van der Waals surface area contributed by atoms with E-state index in [-0.39, 0.29) is 0 Å². The quantitative estimate of drug-likeness (QED) is 0.709. The van der Waals surface area contributed by atoms with Crippen LogP contribution in [0.15, 0.2) is 4.52 Å². The van der Waals surface area contributed by atoms with Crippen LogP contribution in [0.4, 0.5) is 0 Å². The fourth-order valence-electron chi connectivity index (χ4n) is 1.19. The van der Waals surface area contributed by atoms with Gasteiger partial charge in [-0.05, 0) is 0 Å². The Hall–Kier alpha value is -0.940. The molecule has 2 heterocycles. The predicted molar refractivity (Wildman–Crippen MR) is 45.5 cm³/mol. The summed E-state index contributed by atoms with van der Waals surface area (Å²) >= 11 is 0. The zero-order chi connectivity index (χ0) is 9.10. The number of hydrogen-bond donors (Lipinski definition) is 1. The van der Waals surface area contributed by atoms with Crippen LogP contribution in [0.2, 0.25) is 0 Å². The summed E-state index contributed by atoms with van der Waals surface area (Å²) in [6, 6.07) is 0. The lowest BCUT2D eigenvalue weighted by atomic mass is 10.0. The zero-order valence-electron chi connectivity index (χ0n) is 7.62. The van der Waals surface area contributed by atoms with E-state index in [4.69, 9.17) is 9.26 Å². The number of ether oxygens (including phenoxy) is 1. The van der Waals surface area contributed by atoms with Crippen LogP contribution in [0.5, 0.6) is 0 Å². The van der Waals surface area contributed by atoms with Crippen molar-refractivity contribution in [1.82, 2.24) is 15.5 Å². The highest BCUT2D eigenvalue weighted by Gasteiger charge is 2.24. The van der Waals surface area contributed by atoms with Crippen LogP contribution in [-0.4, -0.2) is 36.9 Å². The molecule has 0 bridgehead atoms. The molecule has 1 N–H and O–H groups in total. The number of nitrogens with zero attached hydrogens (tertiary/aromatic N) is 2. The van der Waals surface area contributed by atoms with Crippen LogP contribution in [0.25, 0.3) is 0 Å². The second kappa shape index (κ2) is 3.85. The summed E-state index contributed by atoms with van der Waals surface area (Å²) in [6.45, 7) is 2.54. The Morgan fingerprint density at radius 3 is 3.08 bits per heavy atom. The molecule has 1 saturated heterocycles. The van der Waals surface area contributed by atoms with Crippen molar-refractivity contribution in [1.29, 1.82) is 0 Å². The van der Waals surface area contributed by atoms with Gasteiger partial charge in [0.2, 0.25) is 5.89 Å². The highest BCUT2D eigenvalue weighted by Crippen LogP contribution is 2.17. The molecule has 1 aliphatic rings. The van der Waals surface area contributed by atoms with E-state index in [2.05, 4.69) is 15.5 Å². The van der Waals surface area contributed by atoms with Gasteiger partial charge in [0.25, 0.3) is 0 Å². The van der Waals surface area contributed by atoms with Crippen LogP contribution in [0, 0.1) is 0 Å². The van der Waals surface area contributed by atoms with Crippen LogP contribution in [0.1, 0.15) is 17.6 Å². The molecular formula is C8H13N3O2. The van der Waals surface area contributed by atoms with Gasteiger partial charge >= 0.3 is 0 Å².